The van der Waals surface area contributed by atoms with Gasteiger partial charge in [0.15, 0.2) is 0 Å². The van der Waals surface area contributed by atoms with Crippen molar-refractivity contribution in [1.82, 2.24) is 0 Å². The molecule has 0 bridgehead atoms. The SMILES string of the molecule is CCC1=Nc2cccc(=C=O)c2=N1. The molecule has 0 aliphatic carbocycles. The van der Waals surface area contributed by atoms with Crippen molar-refractivity contribution in [3.63, 3.8) is 0 Å². The maximum absolute atomic E-state index is 10.5. The van der Waals surface area contributed by atoms with Gasteiger partial charge in [0.1, 0.15) is 17.1 Å². The topological polar surface area (TPSA) is 41.8 Å². The second-order valence-electron chi connectivity index (χ2n) is 2.77. The first kappa shape index (κ1) is 7.90. The highest BCUT2D eigenvalue weighted by atomic mass is 16.1. The van der Waals surface area contributed by atoms with Crippen LogP contribution in [0, 0.1) is 0 Å². The summed E-state index contributed by atoms with van der Waals surface area (Å²) in [5, 5.41) is 1.15. The summed E-state index contributed by atoms with van der Waals surface area (Å²) in [6.07, 6.45) is 0.785. The van der Waals surface area contributed by atoms with E-state index in [1.54, 1.807) is 12.1 Å². The molecule has 1 aromatic carbocycles. The molecule has 3 nitrogen and oxygen atoms in total. The second-order valence-corrected chi connectivity index (χ2v) is 2.77. The molecule has 3 heteroatoms. The van der Waals surface area contributed by atoms with Crippen molar-refractivity contribution in [3.05, 3.63) is 28.8 Å². The molecule has 1 aliphatic rings. The third kappa shape index (κ3) is 1.19. The molecule has 0 saturated heterocycles. The van der Waals surface area contributed by atoms with E-state index in [1.807, 2.05) is 18.9 Å². The highest BCUT2D eigenvalue weighted by Gasteiger charge is 2.06. The van der Waals surface area contributed by atoms with E-state index in [2.05, 4.69) is 9.98 Å². The summed E-state index contributed by atoms with van der Waals surface area (Å²) >= 11 is 0. The summed E-state index contributed by atoms with van der Waals surface area (Å²) in [7, 11) is 0. The quantitative estimate of drug-likeness (QED) is 0.599. The van der Waals surface area contributed by atoms with E-state index >= 15 is 0 Å². The fourth-order valence-electron chi connectivity index (χ4n) is 1.27. The Morgan fingerprint density at radius 1 is 1.38 bits per heavy atom. The molecule has 1 aromatic rings. The summed E-state index contributed by atoms with van der Waals surface area (Å²) < 4.78 is 0. The number of hydrogen-bond acceptors (Lipinski definition) is 3. The van der Waals surface area contributed by atoms with Crippen LogP contribution < -0.4 is 10.6 Å². The number of fused-ring (bicyclic) bond motifs is 1. The summed E-state index contributed by atoms with van der Waals surface area (Å²) in [5.74, 6) is 2.63. The minimum atomic E-state index is 0.490. The lowest BCUT2D eigenvalue weighted by Crippen LogP contribution is -2.24. The van der Waals surface area contributed by atoms with Gasteiger partial charge in [0, 0.05) is 6.42 Å². The normalized spacial score (nSPS) is 12.8. The lowest BCUT2D eigenvalue weighted by atomic mass is 10.2. The number of rotatable bonds is 1. The van der Waals surface area contributed by atoms with E-state index in [-0.39, 0.29) is 0 Å². The minimum Gasteiger partial charge on any atom is -0.233 e. The predicted octanol–water partition coefficient (Wildman–Crippen LogP) is 0.263. The molecule has 0 aromatic heterocycles. The molecule has 1 aliphatic heterocycles. The molecule has 0 unspecified atom stereocenters. The minimum absolute atomic E-state index is 0.490. The van der Waals surface area contributed by atoms with Crippen molar-refractivity contribution in [2.24, 2.45) is 9.98 Å². The number of carbonyl (C=O) groups excluding carboxylic acids is 1. The summed E-state index contributed by atoms with van der Waals surface area (Å²) in [4.78, 5) is 19.0. The van der Waals surface area contributed by atoms with E-state index in [9.17, 15) is 4.79 Å². The van der Waals surface area contributed by atoms with Crippen molar-refractivity contribution in [2.45, 2.75) is 13.3 Å². The molecule has 1 heterocycles. The highest BCUT2D eigenvalue weighted by molar-refractivity contribution is 5.88. The standard InChI is InChI=1S/C10H8N2O/c1-2-9-11-8-5-3-4-7(6-13)10(8)12-9/h3-5H,2H2,1H3. The molecular formula is C10H8N2O. The first-order valence-corrected chi connectivity index (χ1v) is 4.15. The first-order valence-electron chi connectivity index (χ1n) is 4.15. The molecule has 0 spiro atoms. The molecular weight excluding hydrogens is 164 g/mol. The highest BCUT2D eigenvalue weighted by Crippen LogP contribution is 2.08. The number of benzene rings is 1. The maximum Gasteiger partial charge on any atom is 0.134 e. The van der Waals surface area contributed by atoms with Gasteiger partial charge < -0.3 is 0 Å². The lowest BCUT2D eigenvalue weighted by molar-refractivity contribution is 0.567. The zero-order chi connectivity index (χ0) is 9.26. The van der Waals surface area contributed by atoms with Gasteiger partial charge in [0.25, 0.3) is 0 Å². The van der Waals surface area contributed by atoms with Gasteiger partial charge in [-0.2, -0.15) is 0 Å². The summed E-state index contributed by atoms with van der Waals surface area (Å²) in [6, 6.07) is 5.34. The predicted molar refractivity (Wildman–Crippen MR) is 49.4 cm³/mol. The van der Waals surface area contributed by atoms with E-state index in [1.165, 1.54) is 0 Å². The molecule has 0 amide bonds. The number of amidine groups is 1. The second kappa shape index (κ2) is 2.96. The number of nitrogens with zero attached hydrogens (tertiary/aromatic N) is 2. The zero-order valence-electron chi connectivity index (χ0n) is 7.24. The lowest BCUT2D eigenvalue weighted by Gasteiger charge is -1.85. The Balaban J connectivity index is 2.80. The smallest absolute Gasteiger partial charge is 0.134 e. The zero-order valence-corrected chi connectivity index (χ0v) is 7.24. The average Bonchev–Trinajstić information content (AvgIpc) is 2.59. The van der Waals surface area contributed by atoms with E-state index in [0.29, 0.717) is 10.6 Å². The summed E-state index contributed by atoms with van der Waals surface area (Å²) in [5.41, 5.74) is 0.776. The largest absolute Gasteiger partial charge is 0.233 e. The molecule has 13 heavy (non-hydrogen) atoms. The number of para-hydroxylation sites is 1. The van der Waals surface area contributed by atoms with Gasteiger partial charge in [-0.25, -0.2) is 14.8 Å². The Hall–Kier alpha value is -1.73. The molecule has 0 atom stereocenters. The molecule has 0 saturated carbocycles. The van der Waals surface area contributed by atoms with Crippen LogP contribution >= 0.6 is 0 Å². The van der Waals surface area contributed by atoms with Gasteiger partial charge in [-0.05, 0) is 12.1 Å². The van der Waals surface area contributed by atoms with Crippen LogP contribution in [0.3, 0.4) is 0 Å². The maximum atomic E-state index is 10.5. The van der Waals surface area contributed by atoms with Gasteiger partial charge in [-0.1, -0.05) is 13.0 Å². The summed E-state index contributed by atoms with van der Waals surface area (Å²) in [6.45, 7) is 1.98. The van der Waals surface area contributed by atoms with Crippen LogP contribution in [0.4, 0.5) is 5.69 Å². The fraction of sp³-hybridized carbons (Fsp3) is 0.200. The molecule has 0 N–H and O–H groups in total. The Kier molecular flexibility index (Phi) is 1.80. The van der Waals surface area contributed by atoms with Gasteiger partial charge in [0.05, 0.1) is 10.9 Å². The Labute approximate surface area is 75.1 Å². The van der Waals surface area contributed by atoms with Crippen LogP contribution in [0.15, 0.2) is 28.2 Å². The molecule has 0 fully saturated rings. The monoisotopic (exact) mass is 172 g/mol. The van der Waals surface area contributed by atoms with Crippen LogP contribution in [0.25, 0.3) is 0 Å². The van der Waals surface area contributed by atoms with Gasteiger partial charge >= 0.3 is 0 Å². The van der Waals surface area contributed by atoms with Crippen molar-refractivity contribution < 1.29 is 4.79 Å². The number of hydrogen-bond donors (Lipinski definition) is 0. The van der Waals surface area contributed by atoms with Crippen molar-refractivity contribution >= 4 is 17.5 Å². The Morgan fingerprint density at radius 3 is 2.92 bits per heavy atom. The van der Waals surface area contributed by atoms with E-state index < -0.39 is 0 Å². The third-order valence-corrected chi connectivity index (χ3v) is 1.93. The van der Waals surface area contributed by atoms with Crippen LogP contribution in [0.5, 0.6) is 0 Å². The van der Waals surface area contributed by atoms with Gasteiger partial charge in [-0.3, -0.25) is 0 Å². The molecule has 2 rings (SSSR count). The van der Waals surface area contributed by atoms with Gasteiger partial charge in [0.2, 0.25) is 0 Å². The fourth-order valence-corrected chi connectivity index (χ4v) is 1.27. The molecule has 0 radical (unpaired) electrons. The average molecular weight is 172 g/mol. The van der Waals surface area contributed by atoms with Crippen molar-refractivity contribution in [2.75, 3.05) is 0 Å². The first-order chi connectivity index (χ1) is 6.35. The van der Waals surface area contributed by atoms with E-state index in [4.69, 9.17) is 0 Å². The van der Waals surface area contributed by atoms with Crippen molar-refractivity contribution in [1.29, 1.82) is 0 Å². The molecule has 64 valence electrons. The van der Waals surface area contributed by atoms with Crippen molar-refractivity contribution in [3.8, 4) is 0 Å². The van der Waals surface area contributed by atoms with E-state index in [0.717, 1.165) is 17.9 Å². The number of aliphatic imine (C=N–C) groups is 1. The van der Waals surface area contributed by atoms with Gasteiger partial charge in [-0.15, -0.1) is 0 Å². The van der Waals surface area contributed by atoms with Crippen LogP contribution in [0.1, 0.15) is 13.3 Å². The van der Waals surface area contributed by atoms with Crippen LogP contribution in [0.2, 0.25) is 0 Å². The third-order valence-electron chi connectivity index (χ3n) is 1.93. The van der Waals surface area contributed by atoms with Crippen LogP contribution in [-0.2, 0) is 4.79 Å². The Morgan fingerprint density at radius 2 is 2.23 bits per heavy atom. The Bertz CT molecular complexity index is 510. The van der Waals surface area contributed by atoms with Crippen LogP contribution in [-0.4, -0.2) is 11.8 Å².